The highest BCUT2D eigenvalue weighted by Crippen LogP contribution is 2.12. The summed E-state index contributed by atoms with van der Waals surface area (Å²) in [6, 6.07) is 0. The molecule has 0 radical (unpaired) electrons. The second kappa shape index (κ2) is 5.06. The van der Waals surface area contributed by atoms with Gasteiger partial charge in [0.15, 0.2) is 0 Å². The molecule has 0 atom stereocenters. The summed E-state index contributed by atoms with van der Waals surface area (Å²) in [5.74, 6) is -0.766. The molecule has 0 aliphatic carbocycles. The van der Waals surface area contributed by atoms with E-state index in [4.69, 9.17) is 11.0 Å². The minimum absolute atomic E-state index is 0. The lowest BCUT2D eigenvalue weighted by molar-refractivity contribution is -0.240. The van der Waals surface area contributed by atoms with Crippen molar-refractivity contribution in [3.63, 3.8) is 0 Å². The Balaban J connectivity index is 0. The Labute approximate surface area is 65.4 Å². The SMILES string of the molecule is CCC(N)(CC)C(=O)OO.O. The van der Waals surface area contributed by atoms with Gasteiger partial charge in [-0.2, -0.15) is 5.26 Å². The van der Waals surface area contributed by atoms with E-state index in [1.54, 1.807) is 13.8 Å². The molecule has 5 heteroatoms. The molecule has 0 bridgehead atoms. The molecule has 5 N–H and O–H groups in total. The van der Waals surface area contributed by atoms with Gasteiger partial charge in [-0.3, -0.25) is 4.89 Å². The molecule has 68 valence electrons. The van der Waals surface area contributed by atoms with Crippen LogP contribution in [-0.4, -0.2) is 22.2 Å². The molecule has 0 heterocycles. The second-order valence-corrected chi connectivity index (χ2v) is 2.24. The molecule has 0 saturated heterocycles. The monoisotopic (exact) mass is 165 g/mol. The van der Waals surface area contributed by atoms with Gasteiger partial charge in [0.25, 0.3) is 0 Å². The van der Waals surface area contributed by atoms with Gasteiger partial charge in [-0.15, -0.1) is 0 Å². The van der Waals surface area contributed by atoms with E-state index in [1.165, 1.54) is 0 Å². The maximum Gasteiger partial charge on any atom is 0.361 e. The van der Waals surface area contributed by atoms with Crippen molar-refractivity contribution in [3.05, 3.63) is 0 Å². The molecule has 0 aromatic carbocycles. The van der Waals surface area contributed by atoms with E-state index in [2.05, 4.69) is 4.89 Å². The summed E-state index contributed by atoms with van der Waals surface area (Å²) in [7, 11) is 0. The first-order chi connectivity index (χ1) is 4.60. The van der Waals surface area contributed by atoms with Crippen LogP contribution in [0.3, 0.4) is 0 Å². The van der Waals surface area contributed by atoms with Crippen LogP contribution in [-0.2, 0) is 9.68 Å². The summed E-state index contributed by atoms with van der Waals surface area (Å²) in [4.78, 5) is 14.2. The predicted octanol–water partition coefficient (Wildman–Crippen LogP) is -0.305. The van der Waals surface area contributed by atoms with Gasteiger partial charge in [-0.25, -0.2) is 4.79 Å². The van der Waals surface area contributed by atoms with Crippen LogP contribution in [0.4, 0.5) is 0 Å². The van der Waals surface area contributed by atoms with E-state index in [1.807, 2.05) is 0 Å². The van der Waals surface area contributed by atoms with E-state index < -0.39 is 11.5 Å². The van der Waals surface area contributed by atoms with Crippen LogP contribution < -0.4 is 5.73 Å². The van der Waals surface area contributed by atoms with Crippen molar-refractivity contribution in [1.29, 1.82) is 0 Å². The van der Waals surface area contributed by atoms with Crippen molar-refractivity contribution in [2.75, 3.05) is 0 Å². The molecule has 5 nitrogen and oxygen atoms in total. The summed E-state index contributed by atoms with van der Waals surface area (Å²) >= 11 is 0. The van der Waals surface area contributed by atoms with E-state index in [0.29, 0.717) is 12.8 Å². The summed E-state index contributed by atoms with van der Waals surface area (Å²) in [6.45, 7) is 3.53. The molecule has 0 amide bonds. The van der Waals surface area contributed by atoms with Crippen LogP contribution in [0.15, 0.2) is 0 Å². The fourth-order valence-electron chi connectivity index (χ4n) is 0.630. The average molecular weight is 165 g/mol. The standard InChI is InChI=1S/C6H13NO3.H2O/c1-3-6(7,4-2)5(8)10-9;/h9H,3-4,7H2,1-2H3;1H2. The Morgan fingerprint density at radius 3 is 2.00 bits per heavy atom. The fraction of sp³-hybridized carbons (Fsp3) is 0.833. The largest absolute Gasteiger partial charge is 0.412 e. The topological polar surface area (TPSA) is 104 Å². The maximum atomic E-state index is 10.7. The number of nitrogens with two attached hydrogens (primary N) is 1. The molecule has 0 spiro atoms. The molecule has 0 aliphatic heterocycles. The van der Waals surface area contributed by atoms with Crippen LogP contribution >= 0.6 is 0 Å². The van der Waals surface area contributed by atoms with Crippen molar-refractivity contribution in [2.24, 2.45) is 5.73 Å². The summed E-state index contributed by atoms with van der Waals surface area (Å²) in [6.07, 6.45) is 0.922. The fourth-order valence-corrected chi connectivity index (χ4v) is 0.630. The summed E-state index contributed by atoms with van der Waals surface area (Å²) < 4.78 is 0. The van der Waals surface area contributed by atoms with Crippen molar-refractivity contribution in [1.82, 2.24) is 0 Å². The van der Waals surface area contributed by atoms with E-state index in [0.717, 1.165) is 0 Å². The van der Waals surface area contributed by atoms with Crippen LogP contribution in [0.2, 0.25) is 0 Å². The molecule has 0 unspecified atom stereocenters. The molecule has 0 aliphatic rings. The molecular formula is C6H15NO4. The first-order valence-electron chi connectivity index (χ1n) is 3.25. The van der Waals surface area contributed by atoms with Gasteiger partial charge in [0, 0.05) is 0 Å². The van der Waals surface area contributed by atoms with Crippen molar-refractivity contribution in [2.45, 2.75) is 32.2 Å². The number of hydrogen-bond donors (Lipinski definition) is 2. The minimum atomic E-state index is -1.02. The summed E-state index contributed by atoms with van der Waals surface area (Å²) in [5.41, 5.74) is 4.50. The third kappa shape index (κ3) is 2.83. The number of carbonyl (C=O) groups is 1. The van der Waals surface area contributed by atoms with Crippen molar-refractivity contribution in [3.8, 4) is 0 Å². The quantitative estimate of drug-likeness (QED) is 0.442. The summed E-state index contributed by atoms with van der Waals surface area (Å²) in [5, 5.41) is 8.00. The van der Waals surface area contributed by atoms with Gasteiger partial charge < -0.3 is 11.2 Å². The Morgan fingerprint density at radius 1 is 1.55 bits per heavy atom. The lowest BCUT2D eigenvalue weighted by atomic mass is 9.95. The first kappa shape index (κ1) is 13.0. The highest BCUT2D eigenvalue weighted by molar-refractivity contribution is 5.79. The molecule has 0 aromatic heterocycles. The van der Waals surface area contributed by atoms with Crippen molar-refractivity contribution >= 4 is 5.97 Å². The first-order valence-corrected chi connectivity index (χ1v) is 3.25. The molecule has 0 aromatic rings. The zero-order valence-electron chi connectivity index (χ0n) is 6.76. The van der Waals surface area contributed by atoms with Crippen LogP contribution in [0.5, 0.6) is 0 Å². The normalized spacial score (nSPS) is 10.2. The van der Waals surface area contributed by atoms with E-state index >= 15 is 0 Å². The van der Waals surface area contributed by atoms with E-state index in [9.17, 15) is 4.79 Å². The predicted molar refractivity (Wildman–Crippen MR) is 39.8 cm³/mol. The zero-order chi connectivity index (χ0) is 8.20. The van der Waals surface area contributed by atoms with Gasteiger partial charge in [-0.1, -0.05) is 13.8 Å². The van der Waals surface area contributed by atoms with Gasteiger partial charge >= 0.3 is 5.97 Å². The van der Waals surface area contributed by atoms with Gasteiger partial charge in [0.2, 0.25) is 0 Å². The maximum absolute atomic E-state index is 10.7. The Kier molecular flexibility index (Phi) is 5.97. The lowest BCUT2D eigenvalue weighted by Gasteiger charge is -2.20. The number of carbonyl (C=O) groups excluding carboxylic acids is 1. The Bertz CT molecular complexity index is 122. The van der Waals surface area contributed by atoms with Gasteiger partial charge in [0.1, 0.15) is 5.54 Å². The highest BCUT2D eigenvalue weighted by atomic mass is 17.1. The zero-order valence-corrected chi connectivity index (χ0v) is 6.76. The number of hydrogen-bond acceptors (Lipinski definition) is 4. The lowest BCUT2D eigenvalue weighted by Crippen LogP contribution is -2.47. The van der Waals surface area contributed by atoms with Crippen LogP contribution in [0, 0.1) is 0 Å². The van der Waals surface area contributed by atoms with E-state index in [-0.39, 0.29) is 5.48 Å². The smallest absolute Gasteiger partial charge is 0.361 e. The third-order valence-corrected chi connectivity index (χ3v) is 1.75. The highest BCUT2D eigenvalue weighted by Gasteiger charge is 2.31. The number of rotatable bonds is 3. The van der Waals surface area contributed by atoms with Crippen LogP contribution in [0.25, 0.3) is 0 Å². The molecule has 0 saturated carbocycles. The Hall–Kier alpha value is -0.650. The third-order valence-electron chi connectivity index (χ3n) is 1.75. The average Bonchev–Trinajstić information content (AvgIpc) is 2.01. The second-order valence-electron chi connectivity index (χ2n) is 2.24. The van der Waals surface area contributed by atoms with Crippen LogP contribution in [0.1, 0.15) is 26.7 Å². The van der Waals surface area contributed by atoms with Gasteiger partial charge in [0.05, 0.1) is 0 Å². The molecule has 0 rings (SSSR count). The minimum Gasteiger partial charge on any atom is -0.412 e. The molecular weight excluding hydrogens is 150 g/mol. The molecule has 11 heavy (non-hydrogen) atoms. The Morgan fingerprint density at radius 2 is 1.91 bits per heavy atom. The van der Waals surface area contributed by atoms with Gasteiger partial charge in [-0.05, 0) is 12.8 Å². The molecule has 0 fully saturated rings. The van der Waals surface area contributed by atoms with Crippen molar-refractivity contribution < 1.29 is 20.4 Å².